The van der Waals surface area contributed by atoms with Crippen molar-refractivity contribution in [3.63, 3.8) is 0 Å². The molecule has 0 saturated heterocycles. The summed E-state index contributed by atoms with van der Waals surface area (Å²) in [5.41, 5.74) is 1.12. The predicted octanol–water partition coefficient (Wildman–Crippen LogP) is 5.93. The summed E-state index contributed by atoms with van der Waals surface area (Å²) in [7, 11) is 0. The molecule has 0 N–H and O–H groups in total. The molecule has 0 aliphatic carbocycles. The van der Waals surface area contributed by atoms with Crippen LogP contribution in [0.4, 0.5) is 4.39 Å². The minimum Gasteiger partial charge on any atom is -0.455 e. The van der Waals surface area contributed by atoms with Crippen molar-refractivity contribution in [2.24, 2.45) is 0 Å². The Balaban J connectivity index is 2.28. The van der Waals surface area contributed by atoms with Crippen molar-refractivity contribution >= 4 is 43.5 Å². The van der Waals surface area contributed by atoms with Gasteiger partial charge in [-0.15, -0.1) is 0 Å². The number of benzene rings is 2. The van der Waals surface area contributed by atoms with Crippen LogP contribution in [-0.2, 0) is 5.33 Å². The van der Waals surface area contributed by atoms with E-state index in [1.165, 1.54) is 18.2 Å². The molecule has 0 saturated carbocycles. The monoisotopic (exact) mass is 392 g/mol. The number of hydrogen-bond acceptors (Lipinski definition) is 1. The van der Waals surface area contributed by atoms with Gasteiger partial charge in [0, 0.05) is 5.33 Å². The number of halogens is 4. The quantitative estimate of drug-likeness (QED) is 0.587. The summed E-state index contributed by atoms with van der Waals surface area (Å²) in [6.45, 7) is 0. The predicted molar refractivity (Wildman–Crippen MR) is 78.3 cm³/mol. The summed E-state index contributed by atoms with van der Waals surface area (Å²) in [5, 5.41) is 1.01. The van der Waals surface area contributed by atoms with Crippen molar-refractivity contribution < 1.29 is 9.13 Å². The van der Waals surface area contributed by atoms with Gasteiger partial charge in [0.1, 0.15) is 17.3 Å². The normalized spacial score (nSPS) is 10.4. The number of ether oxygens (including phenoxy) is 1. The molecule has 0 aliphatic heterocycles. The van der Waals surface area contributed by atoms with Crippen molar-refractivity contribution in [3.05, 3.63) is 57.3 Å². The van der Waals surface area contributed by atoms with E-state index < -0.39 is 0 Å². The smallest absolute Gasteiger partial charge is 0.146 e. The highest BCUT2D eigenvalue weighted by Crippen LogP contribution is 2.34. The van der Waals surface area contributed by atoms with Gasteiger partial charge in [0.15, 0.2) is 0 Å². The average molecular weight is 394 g/mol. The van der Waals surface area contributed by atoms with E-state index in [4.69, 9.17) is 16.3 Å². The zero-order valence-electron chi connectivity index (χ0n) is 9.09. The first kappa shape index (κ1) is 13.8. The van der Waals surface area contributed by atoms with Gasteiger partial charge in [-0.25, -0.2) is 4.39 Å². The van der Waals surface area contributed by atoms with Crippen LogP contribution in [0.3, 0.4) is 0 Å². The molecule has 0 aliphatic rings. The highest BCUT2D eigenvalue weighted by molar-refractivity contribution is 9.10. The van der Waals surface area contributed by atoms with Crippen LogP contribution >= 0.6 is 43.5 Å². The molecule has 0 unspecified atom stereocenters. The fraction of sp³-hybridized carbons (Fsp3) is 0.0769. The third kappa shape index (κ3) is 3.25. The van der Waals surface area contributed by atoms with Crippen LogP contribution in [0.15, 0.2) is 40.9 Å². The Morgan fingerprint density at radius 3 is 2.44 bits per heavy atom. The van der Waals surface area contributed by atoms with E-state index >= 15 is 0 Å². The second kappa shape index (κ2) is 6.04. The molecule has 2 aromatic carbocycles. The van der Waals surface area contributed by atoms with Crippen molar-refractivity contribution in [2.45, 2.75) is 5.33 Å². The highest BCUT2D eigenvalue weighted by Gasteiger charge is 2.07. The van der Waals surface area contributed by atoms with Crippen molar-refractivity contribution in [1.29, 1.82) is 0 Å². The standard InChI is InChI=1S/C13H8Br2ClFO/c14-7-8-1-3-12(10(15)5-8)18-13-4-2-9(17)6-11(13)16/h1-6H,7H2. The zero-order chi connectivity index (χ0) is 13.1. The Hall–Kier alpha value is -0.580. The van der Waals surface area contributed by atoms with E-state index in [2.05, 4.69) is 31.9 Å². The van der Waals surface area contributed by atoms with Crippen LogP contribution in [0.5, 0.6) is 11.5 Å². The molecule has 1 nitrogen and oxygen atoms in total. The minimum atomic E-state index is -0.388. The molecule has 0 amide bonds. The van der Waals surface area contributed by atoms with Gasteiger partial charge in [-0.3, -0.25) is 0 Å². The van der Waals surface area contributed by atoms with E-state index in [0.29, 0.717) is 11.5 Å². The lowest BCUT2D eigenvalue weighted by Crippen LogP contribution is -1.88. The van der Waals surface area contributed by atoms with Gasteiger partial charge in [-0.2, -0.15) is 0 Å². The summed E-state index contributed by atoms with van der Waals surface area (Å²) in [6, 6.07) is 9.75. The van der Waals surface area contributed by atoms with E-state index in [1.807, 2.05) is 18.2 Å². The van der Waals surface area contributed by atoms with Crippen LogP contribution < -0.4 is 4.74 Å². The van der Waals surface area contributed by atoms with Crippen LogP contribution in [0.2, 0.25) is 5.02 Å². The highest BCUT2D eigenvalue weighted by atomic mass is 79.9. The van der Waals surface area contributed by atoms with Crippen LogP contribution in [0.25, 0.3) is 0 Å². The minimum absolute atomic E-state index is 0.242. The van der Waals surface area contributed by atoms with Gasteiger partial charge in [-0.05, 0) is 51.8 Å². The maximum Gasteiger partial charge on any atom is 0.146 e. The molecule has 0 atom stereocenters. The molecule has 2 rings (SSSR count). The Bertz CT molecular complexity index is 575. The molecule has 0 heterocycles. The molecular weight excluding hydrogens is 386 g/mol. The maximum absolute atomic E-state index is 12.9. The summed E-state index contributed by atoms with van der Waals surface area (Å²) < 4.78 is 19.4. The van der Waals surface area contributed by atoms with Crippen molar-refractivity contribution in [2.75, 3.05) is 0 Å². The molecule has 0 aromatic heterocycles. The average Bonchev–Trinajstić information content (AvgIpc) is 2.34. The number of rotatable bonds is 3. The molecule has 0 fully saturated rings. The lowest BCUT2D eigenvalue weighted by atomic mass is 10.2. The Morgan fingerprint density at radius 1 is 1.11 bits per heavy atom. The summed E-state index contributed by atoms with van der Waals surface area (Å²) in [6.07, 6.45) is 0. The Kier molecular flexibility index (Phi) is 4.65. The first-order valence-electron chi connectivity index (χ1n) is 5.07. The second-order valence-corrected chi connectivity index (χ2v) is 5.40. The number of alkyl halides is 1. The molecule has 94 valence electrons. The molecule has 18 heavy (non-hydrogen) atoms. The largest absolute Gasteiger partial charge is 0.455 e. The third-order valence-corrected chi connectivity index (χ3v) is 3.83. The van der Waals surface area contributed by atoms with Gasteiger partial charge in [-0.1, -0.05) is 33.6 Å². The third-order valence-electron chi connectivity index (χ3n) is 2.26. The fourth-order valence-electron chi connectivity index (χ4n) is 1.39. The molecule has 0 radical (unpaired) electrons. The van der Waals surface area contributed by atoms with Gasteiger partial charge in [0.25, 0.3) is 0 Å². The first-order chi connectivity index (χ1) is 8.60. The van der Waals surface area contributed by atoms with E-state index in [1.54, 1.807) is 0 Å². The first-order valence-corrected chi connectivity index (χ1v) is 7.36. The molecule has 0 bridgehead atoms. The second-order valence-electron chi connectivity index (χ2n) is 3.58. The molecule has 2 aromatic rings. The van der Waals surface area contributed by atoms with Crippen LogP contribution in [-0.4, -0.2) is 0 Å². The van der Waals surface area contributed by atoms with Gasteiger partial charge < -0.3 is 4.74 Å². The van der Waals surface area contributed by atoms with E-state index in [-0.39, 0.29) is 10.8 Å². The molecule has 0 spiro atoms. The summed E-state index contributed by atoms with van der Waals surface area (Å²) in [4.78, 5) is 0. The van der Waals surface area contributed by atoms with Gasteiger partial charge in [0.2, 0.25) is 0 Å². The topological polar surface area (TPSA) is 9.23 Å². The lowest BCUT2D eigenvalue weighted by molar-refractivity contribution is 0.477. The summed E-state index contributed by atoms with van der Waals surface area (Å²) in [5.74, 6) is 0.666. The maximum atomic E-state index is 12.9. The molecular formula is C13H8Br2ClFO. The van der Waals surface area contributed by atoms with Crippen molar-refractivity contribution in [3.8, 4) is 11.5 Å². The Labute approximate surface area is 126 Å². The van der Waals surface area contributed by atoms with Crippen LogP contribution in [0.1, 0.15) is 5.56 Å². The van der Waals surface area contributed by atoms with E-state index in [9.17, 15) is 4.39 Å². The SMILES string of the molecule is Fc1ccc(Oc2ccc(CBr)cc2Br)c(Cl)c1. The Morgan fingerprint density at radius 2 is 1.83 bits per heavy atom. The van der Waals surface area contributed by atoms with Gasteiger partial charge >= 0.3 is 0 Å². The fourth-order valence-corrected chi connectivity index (χ4v) is 2.45. The van der Waals surface area contributed by atoms with Gasteiger partial charge in [0.05, 0.1) is 9.50 Å². The zero-order valence-corrected chi connectivity index (χ0v) is 13.0. The molecule has 5 heteroatoms. The number of hydrogen-bond donors (Lipinski definition) is 0. The van der Waals surface area contributed by atoms with E-state index in [0.717, 1.165) is 15.4 Å². The summed E-state index contributed by atoms with van der Waals surface area (Å²) >= 11 is 12.7. The lowest BCUT2D eigenvalue weighted by Gasteiger charge is -2.10. The van der Waals surface area contributed by atoms with Crippen molar-refractivity contribution in [1.82, 2.24) is 0 Å². The van der Waals surface area contributed by atoms with Crippen LogP contribution in [0, 0.1) is 5.82 Å².